The molecule has 18 heavy (non-hydrogen) atoms. The summed E-state index contributed by atoms with van der Waals surface area (Å²) < 4.78 is 1.79. The fraction of sp³-hybridized carbons (Fsp3) is 0. The van der Waals surface area contributed by atoms with Gasteiger partial charge in [0.1, 0.15) is 5.69 Å². The van der Waals surface area contributed by atoms with Crippen LogP contribution in [0.25, 0.3) is 17.1 Å². The topological polar surface area (TPSA) is 43.6 Å². The molecule has 0 fully saturated rings. The molecule has 0 aliphatic rings. The van der Waals surface area contributed by atoms with Gasteiger partial charge in [-0.2, -0.15) is 5.10 Å². The number of benzene rings is 1. The highest BCUT2D eigenvalue weighted by atomic mass is 35.5. The van der Waals surface area contributed by atoms with Crippen molar-refractivity contribution < 1.29 is 0 Å². The molecule has 0 aliphatic heterocycles. The smallest absolute Gasteiger partial charge is 0.156 e. The summed E-state index contributed by atoms with van der Waals surface area (Å²) in [6.45, 7) is 0. The summed E-state index contributed by atoms with van der Waals surface area (Å²) in [7, 11) is 0. The molecular weight excluding hydrogens is 248 g/mol. The Morgan fingerprint density at radius 2 is 1.67 bits per heavy atom. The van der Waals surface area contributed by atoms with Gasteiger partial charge in [0.15, 0.2) is 5.15 Å². The number of para-hydroxylation sites is 1. The van der Waals surface area contributed by atoms with E-state index in [1.165, 1.54) is 0 Å². The van der Waals surface area contributed by atoms with Crippen LogP contribution in [0.3, 0.4) is 0 Å². The van der Waals surface area contributed by atoms with E-state index in [4.69, 9.17) is 11.6 Å². The van der Waals surface area contributed by atoms with E-state index in [2.05, 4.69) is 15.1 Å². The molecule has 4 nitrogen and oxygen atoms in total. The van der Waals surface area contributed by atoms with Crippen molar-refractivity contribution in [2.45, 2.75) is 0 Å². The summed E-state index contributed by atoms with van der Waals surface area (Å²) in [6.07, 6.45) is 4.89. The maximum Gasteiger partial charge on any atom is 0.156 e. The molecule has 0 amide bonds. The second-order valence-corrected chi connectivity index (χ2v) is 4.02. The van der Waals surface area contributed by atoms with Gasteiger partial charge in [-0.25, -0.2) is 14.6 Å². The van der Waals surface area contributed by atoms with Gasteiger partial charge in [0, 0.05) is 12.4 Å². The first kappa shape index (κ1) is 10.9. The van der Waals surface area contributed by atoms with Crippen molar-refractivity contribution in [3.05, 3.63) is 60.1 Å². The predicted octanol–water partition coefficient (Wildman–Crippen LogP) is 2.98. The van der Waals surface area contributed by atoms with E-state index in [9.17, 15) is 0 Å². The zero-order valence-corrected chi connectivity index (χ0v) is 10.1. The summed E-state index contributed by atoms with van der Waals surface area (Å²) in [5.41, 5.74) is 2.40. The molecule has 0 N–H and O–H groups in total. The Morgan fingerprint density at radius 3 is 2.44 bits per heavy atom. The molecule has 0 radical (unpaired) electrons. The molecule has 0 atom stereocenters. The van der Waals surface area contributed by atoms with Crippen molar-refractivity contribution in [1.29, 1.82) is 0 Å². The fourth-order valence-corrected chi connectivity index (χ4v) is 1.95. The predicted molar refractivity (Wildman–Crippen MR) is 69.6 cm³/mol. The molecule has 88 valence electrons. The van der Waals surface area contributed by atoms with Crippen LogP contribution in [-0.2, 0) is 0 Å². The third-order valence-corrected chi connectivity index (χ3v) is 2.82. The molecule has 0 spiro atoms. The second kappa shape index (κ2) is 4.58. The van der Waals surface area contributed by atoms with Gasteiger partial charge in [-0.3, -0.25) is 0 Å². The Kier molecular flexibility index (Phi) is 2.78. The minimum Gasteiger partial charge on any atom is -0.250 e. The first-order valence-electron chi connectivity index (χ1n) is 5.42. The van der Waals surface area contributed by atoms with Gasteiger partial charge < -0.3 is 0 Å². The first-order valence-corrected chi connectivity index (χ1v) is 5.80. The van der Waals surface area contributed by atoms with Crippen LogP contribution in [0.4, 0.5) is 0 Å². The Labute approximate surface area is 109 Å². The van der Waals surface area contributed by atoms with E-state index in [0.717, 1.165) is 11.4 Å². The van der Waals surface area contributed by atoms with Crippen LogP contribution in [0, 0.1) is 0 Å². The highest BCUT2D eigenvalue weighted by Crippen LogP contribution is 2.25. The second-order valence-electron chi connectivity index (χ2n) is 3.66. The van der Waals surface area contributed by atoms with Gasteiger partial charge in [-0.05, 0) is 18.2 Å². The van der Waals surface area contributed by atoms with Gasteiger partial charge in [0.2, 0.25) is 0 Å². The molecule has 2 aromatic heterocycles. The van der Waals surface area contributed by atoms with Crippen LogP contribution >= 0.6 is 11.6 Å². The molecule has 0 saturated carbocycles. The highest BCUT2D eigenvalue weighted by molar-refractivity contribution is 6.31. The van der Waals surface area contributed by atoms with E-state index >= 15 is 0 Å². The number of aromatic nitrogens is 4. The van der Waals surface area contributed by atoms with Gasteiger partial charge in [0.05, 0.1) is 17.6 Å². The fourth-order valence-electron chi connectivity index (χ4n) is 1.75. The zero-order valence-electron chi connectivity index (χ0n) is 9.36. The summed E-state index contributed by atoms with van der Waals surface area (Å²) in [5, 5.41) is 4.66. The monoisotopic (exact) mass is 256 g/mol. The van der Waals surface area contributed by atoms with Crippen molar-refractivity contribution in [3.8, 4) is 17.1 Å². The number of halogens is 1. The Bertz CT molecular complexity index is 664. The Morgan fingerprint density at radius 1 is 0.889 bits per heavy atom. The lowest BCUT2D eigenvalue weighted by atomic mass is 10.3. The van der Waals surface area contributed by atoms with Crippen LogP contribution < -0.4 is 0 Å². The van der Waals surface area contributed by atoms with Gasteiger partial charge >= 0.3 is 0 Å². The van der Waals surface area contributed by atoms with Crippen molar-refractivity contribution in [3.63, 3.8) is 0 Å². The van der Waals surface area contributed by atoms with Crippen molar-refractivity contribution in [2.24, 2.45) is 0 Å². The van der Waals surface area contributed by atoms with E-state index < -0.39 is 0 Å². The number of nitrogens with zero attached hydrogens (tertiary/aromatic N) is 4. The van der Waals surface area contributed by atoms with Crippen LogP contribution in [0.5, 0.6) is 0 Å². The lowest BCUT2D eigenvalue weighted by molar-refractivity contribution is 0.883. The van der Waals surface area contributed by atoms with Crippen molar-refractivity contribution in [1.82, 2.24) is 19.7 Å². The molecule has 2 heterocycles. The Balaban J connectivity index is 2.16. The average Bonchev–Trinajstić information content (AvgIpc) is 2.89. The van der Waals surface area contributed by atoms with E-state index in [0.29, 0.717) is 10.8 Å². The molecule has 3 rings (SSSR count). The summed E-state index contributed by atoms with van der Waals surface area (Å²) >= 11 is 6.06. The van der Waals surface area contributed by atoms with Crippen molar-refractivity contribution in [2.75, 3.05) is 0 Å². The lowest BCUT2D eigenvalue weighted by Gasteiger charge is -2.07. The largest absolute Gasteiger partial charge is 0.250 e. The number of hydrogen-bond acceptors (Lipinski definition) is 3. The third kappa shape index (κ3) is 1.87. The molecule has 0 bridgehead atoms. The minimum atomic E-state index is 0.371. The maximum absolute atomic E-state index is 6.06. The molecule has 0 aliphatic carbocycles. The van der Waals surface area contributed by atoms with E-state index in [-0.39, 0.29) is 0 Å². The van der Waals surface area contributed by atoms with Crippen LogP contribution in [0.1, 0.15) is 0 Å². The minimum absolute atomic E-state index is 0.371. The van der Waals surface area contributed by atoms with Crippen LogP contribution in [0.15, 0.2) is 55.0 Å². The standard InChI is InChI=1S/C13H9ClN4/c14-13-12(15-8-9-16-13)11-6-7-17-18(11)10-4-2-1-3-5-10/h1-9H. The molecule has 1 aromatic carbocycles. The number of hydrogen-bond donors (Lipinski definition) is 0. The lowest BCUT2D eigenvalue weighted by Crippen LogP contribution is -2.00. The third-order valence-electron chi connectivity index (χ3n) is 2.54. The quantitative estimate of drug-likeness (QED) is 0.708. The molecule has 3 aromatic rings. The van der Waals surface area contributed by atoms with Crippen LogP contribution in [-0.4, -0.2) is 19.7 Å². The maximum atomic E-state index is 6.06. The van der Waals surface area contributed by atoms with Crippen LogP contribution in [0.2, 0.25) is 5.15 Å². The molecule has 0 saturated heterocycles. The van der Waals surface area contributed by atoms with Crippen molar-refractivity contribution >= 4 is 11.6 Å². The summed E-state index contributed by atoms with van der Waals surface area (Å²) in [4.78, 5) is 8.28. The molecule has 5 heteroatoms. The summed E-state index contributed by atoms with van der Waals surface area (Å²) in [6, 6.07) is 11.7. The van der Waals surface area contributed by atoms with Gasteiger partial charge in [0.25, 0.3) is 0 Å². The normalized spacial score (nSPS) is 10.5. The van der Waals surface area contributed by atoms with E-state index in [1.807, 2.05) is 36.4 Å². The van der Waals surface area contributed by atoms with Gasteiger partial charge in [-0.15, -0.1) is 0 Å². The van der Waals surface area contributed by atoms with E-state index in [1.54, 1.807) is 23.3 Å². The highest BCUT2D eigenvalue weighted by Gasteiger charge is 2.12. The number of rotatable bonds is 2. The average molecular weight is 257 g/mol. The molecular formula is C13H9ClN4. The summed E-state index contributed by atoms with van der Waals surface area (Å²) in [5.74, 6) is 0. The Hall–Kier alpha value is -2.20. The molecule has 0 unspecified atom stereocenters. The zero-order chi connectivity index (χ0) is 12.4. The van der Waals surface area contributed by atoms with Gasteiger partial charge in [-0.1, -0.05) is 29.8 Å². The first-order chi connectivity index (χ1) is 8.86. The SMILES string of the molecule is Clc1nccnc1-c1ccnn1-c1ccccc1.